The molecule has 0 bridgehead atoms. The van der Waals surface area contributed by atoms with Crippen LogP contribution in [0.3, 0.4) is 0 Å². The molecular weight excluding hydrogens is 519 g/mol. The highest BCUT2D eigenvalue weighted by molar-refractivity contribution is 14.1. The average molecular weight is 555 g/mol. The van der Waals surface area contributed by atoms with E-state index in [1.165, 1.54) is 52.9 Å². The summed E-state index contributed by atoms with van der Waals surface area (Å²) in [7, 11) is 0. The van der Waals surface area contributed by atoms with Crippen molar-refractivity contribution in [2.45, 2.75) is 70.1 Å². The molecule has 2 aromatic rings. The number of benzene rings is 2. The Kier molecular flexibility index (Phi) is 5.14. The standard InChI is InChI=1S/C29H35IN2O/c1-28(2)8-12-31-10-4-6-19-14-21(16-23(28)25(19)31)27(33)22-15-20-7-5-11-32-13-9-29(3,18-30)24(17-22)26(20)32/h14-17H,4-13,18H2,1-3H3. The molecular formula is C29H35IN2O. The van der Waals surface area contributed by atoms with Gasteiger partial charge in [-0.05, 0) is 90.5 Å². The number of carbonyl (C=O) groups is 1. The molecule has 0 amide bonds. The molecule has 4 heterocycles. The highest BCUT2D eigenvalue weighted by atomic mass is 127. The molecule has 4 aliphatic rings. The van der Waals surface area contributed by atoms with Gasteiger partial charge in [-0.15, -0.1) is 0 Å². The minimum absolute atomic E-state index is 0.121. The van der Waals surface area contributed by atoms with Crippen molar-refractivity contribution in [2.24, 2.45) is 0 Å². The Balaban J connectivity index is 1.49. The summed E-state index contributed by atoms with van der Waals surface area (Å²) < 4.78 is 1.09. The molecule has 0 saturated heterocycles. The first-order valence-electron chi connectivity index (χ1n) is 12.8. The van der Waals surface area contributed by atoms with E-state index in [-0.39, 0.29) is 16.6 Å². The first kappa shape index (κ1) is 21.9. The lowest BCUT2D eigenvalue weighted by Crippen LogP contribution is -2.42. The van der Waals surface area contributed by atoms with Crippen molar-refractivity contribution >= 4 is 39.7 Å². The number of ketones is 1. The maximum atomic E-state index is 14.0. The van der Waals surface area contributed by atoms with Crippen LogP contribution in [0.25, 0.3) is 0 Å². The minimum Gasteiger partial charge on any atom is -0.371 e. The van der Waals surface area contributed by atoms with Crippen LogP contribution in [0.5, 0.6) is 0 Å². The Hall–Kier alpha value is -1.56. The van der Waals surface area contributed by atoms with E-state index in [9.17, 15) is 4.79 Å². The quantitative estimate of drug-likeness (QED) is 0.257. The third-order valence-corrected chi connectivity index (χ3v) is 10.6. The van der Waals surface area contributed by atoms with Crippen LogP contribution in [-0.2, 0) is 23.7 Å². The molecule has 1 atom stereocenters. The fourth-order valence-electron chi connectivity index (χ4n) is 6.72. The molecule has 0 radical (unpaired) electrons. The van der Waals surface area contributed by atoms with Crippen LogP contribution in [-0.4, -0.2) is 36.4 Å². The first-order valence-corrected chi connectivity index (χ1v) is 14.3. The summed E-state index contributed by atoms with van der Waals surface area (Å²) in [6.45, 7) is 11.7. The SMILES string of the molecule is CC1(C)CCN2CCCc3cc(C(=O)c4cc5c6c(c4)C(C)(CI)CCN6CCC5)cc1c32. The molecule has 4 aliphatic heterocycles. The van der Waals surface area contributed by atoms with E-state index >= 15 is 0 Å². The van der Waals surface area contributed by atoms with E-state index in [0.717, 1.165) is 61.0 Å². The van der Waals surface area contributed by atoms with Crippen molar-refractivity contribution in [1.29, 1.82) is 0 Å². The second kappa shape index (κ2) is 7.73. The van der Waals surface area contributed by atoms with Crippen LogP contribution in [0.2, 0.25) is 0 Å². The van der Waals surface area contributed by atoms with E-state index < -0.39 is 0 Å². The van der Waals surface area contributed by atoms with Gasteiger partial charge in [0, 0.05) is 58.5 Å². The monoisotopic (exact) mass is 554 g/mol. The highest BCUT2D eigenvalue weighted by Crippen LogP contribution is 2.47. The molecule has 3 nitrogen and oxygen atoms in total. The zero-order valence-corrected chi connectivity index (χ0v) is 22.4. The zero-order chi connectivity index (χ0) is 23.0. The maximum Gasteiger partial charge on any atom is 0.193 e. The van der Waals surface area contributed by atoms with E-state index in [1.807, 2.05) is 0 Å². The largest absolute Gasteiger partial charge is 0.371 e. The van der Waals surface area contributed by atoms with Gasteiger partial charge in [-0.2, -0.15) is 0 Å². The summed E-state index contributed by atoms with van der Waals surface area (Å²) in [5.74, 6) is 0.213. The number of rotatable bonds is 3. The van der Waals surface area contributed by atoms with E-state index in [0.29, 0.717) is 0 Å². The molecule has 0 aromatic heterocycles. The van der Waals surface area contributed by atoms with Crippen molar-refractivity contribution < 1.29 is 4.79 Å². The number of anilines is 2. The summed E-state index contributed by atoms with van der Waals surface area (Å²) >= 11 is 2.55. The lowest BCUT2D eigenvalue weighted by atomic mass is 9.73. The van der Waals surface area contributed by atoms with Gasteiger partial charge in [-0.3, -0.25) is 4.79 Å². The van der Waals surface area contributed by atoms with Gasteiger partial charge in [0.2, 0.25) is 0 Å². The summed E-state index contributed by atoms with van der Waals surface area (Å²) in [6, 6.07) is 8.96. The summed E-state index contributed by atoms with van der Waals surface area (Å²) in [5.41, 5.74) is 10.5. The highest BCUT2D eigenvalue weighted by Gasteiger charge is 2.39. The summed E-state index contributed by atoms with van der Waals surface area (Å²) in [5, 5.41) is 0. The van der Waals surface area contributed by atoms with Gasteiger partial charge in [-0.25, -0.2) is 0 Å². The summed E-state index contributed by atoms with van der Waals surface area (Å²) in [6.07, 6.45) is 6.90. The molecule has 174 valence electrons. The number of carbonyl (C=O) groups excluding carboxylic acids is 1. The van der Waals surface area contributed by atoms with Gasteiger partial charge >= 0.3 is 0 Å². The predicted molar refractivity (Wildman–Crippen MR) is 146 cm³/mol. The van der Waals surface area contributed by atoms with E-state index in [2.05, 4.69) is 77.4 Å². The van der Waals surface area contributed by atoms with Crippen LogP contribution >= 0.6 is 22.6 Å². The normalized spacial score (nSPS) is 24.8. The molecule has 0 aliphatic carbocycles. The molecule has 4 heteroatoms. The van der Waals surface area contributed by atoms with Crippen molar-refractivity contribution in [3.8, 4) is 0 Å². The first-order chi connectivity index (χ1) is 15.8. The van der Waals surface area contributed by atoms with Crippen LogP contribution < -0.4 is 9.80 Å². The van der Waals surface area contributed by atoms with Gasteiger partial charge in [0.15, 0.2) is 5.78 Å². The third kappa shape index (κ3) is 3.37. The molecule has 33 heavy (non-hydrogen) atoms. The Labute approximate surface area is 212 Å². The fourth-order valence-corrected chi connectivity index (χ4v) is 7.51. The lowest BCUT2D eigenvalue weighted by molar-refractivity contribution is 0.103. The predicted octanol–water partition coefficient (Wildman–Crippen LogP) is 6.20. The van der Waals surface area contributed by atoms with Gasteiger partial charge < -0.3 is 9.80 Å². The van der Waals surface area contributed by atoms with Crippen LogP contribution in [0.15, 0.2) is 24.3 Å². The number of aryl methyl sites for hydroxylation is 2. The van der Waals surface area contributed by atoms with Crippen LogP contribution in [0, 0.1) is 0 Å². The average Bonchev–Trinajstić information content (AvgIpc) is 2.83. The number of hydrogen-bond acceptors (Lipinski definition) is 3. The molecule has 6 rings (SSSR count). The molecule has 1 unspecified atom stereocenters. The van der Waals surface area contributed by atoms with Crippen molar-refractivity contribution in [1.82, 2.24) is 0 Å². The second-order valence-corrected chi connectivity index (χ2v) is 12.4. The Morgan fingerprint density at radius 2 is 1.36 bits per heavy atom. The summed E-state index contributed by atoms with van der Waals surface area (Å²) in [4.78, 5) is 19.2. The number of alkyl halides is 1. The van der Waals surface area contributed by atoms with Crippen LogP contribution in [0.1, 0.15) is 84.6 Å². The van der Waals surface area contributed by atoms with Crippen molar-refractivity contribution in [2.75, 3.05) is 40.4 Å². The van der Waals surface area contributed by atoms with Gasteiger partial charge in [0.05, 0.1) is 0 Å². The van der Waals surface area contributed by atoms with Gasteiger partial charge in [-0.1, -0.05) is 43.4 Å². The Morgan fingerprint density at radius 3 is 1.97 bits per heavy atom. The van der Waals surface area contributed by atoms with Crippen molar-refractivity contribution in [3.05, 3.63) is 57.6 Å². The number of hydrogen-bond donors (Lipinski definition) is 0. The molecule has 2 aromatic carbocycles. The third-order valence-electron chi connectivity index (χ3n) is 8.90. The fraction of sp³-hybridized carbons (Fsp3) is 0.552. The smallest absolute Gasteiger partial charge is 0.193 e. The lowest BCUT2D eigenvalue weighted by Gasteiger charge is -2.45. The topological polar surface area (TPSA) is 23.6 Å². The molecule has 0 fully saturated rings. The van der Waals surface area contributed by atoms with E-state index in [4.69, 9.17) is 0 Å². The maximum absolute atomic E-state index is 14.0. The van der Waals surface area contributed by atoms with Crippen LogP contribution in [0.4, 0.5) is 11.4 Å². The number of nitrogens with zero attached hydrogens (tertiary/aromatic N) is 2. The molecule has 0 saturated carbocycles. The molecule has 0 N–H and O–H groups in total. The molecule has 0 spiro atoms. The number of halogens is 1. The Morgan fingerprint density at radius 1 is 0.818 bits per heavy atom. The minimum atomic E-state index is 0.121. The zero-order valence-electron chi connectivity index (χ0n) is 20.3. The van der Waals surface area contributed by atoms with Gasteiger partial charge in [0.25, 0.3) is 0 Å². The Bertz CT molecular complexity index is 1150. The second-order valence-electron chi connectivity index (χ2n) is 11.7. The van der Waals surface area contributed by atoms with Gasteiger partial charge in [0.1, 0.15) is 0 Å². The van der Waals surface area contributed by atoms with Crippen molar-refractivity contribution in [3.63, 3.8) is 0 Å². The van der Waals surface area contributed by atoms with E-state index in [1.54, 1.807) is 0 Å².